The first kappa shape index (κ1) is 25.2. The van der Waals surface area contributed by atoms with Crippen LogP contribution in [0.2, 0.25) is 0 Å². The molecule has 2 amide bonds. The molecule has 1 saturated heterocycles. The van der Waals surface area contributed by atoms with Crippen molar-refractivity contribution in [2.24, 2.45) is 0 Å². The maximum atomic E-state index is 13.6. The average Bonchev–Trinajstić information content (AvgIpc) is 3.38. The van der Waals surface area contributed by atoms with Crippen LogP contribution in [0.3, 0.4) is 0 Å². The van der Waals surface area contributed by atoms with Crippen LogP contribution in [0.1, 0.15) is 23.2 Å². The second-order valence-corrected chi connectivity index (χ2v) is 9.20. The third kappa shape index (κ3) is 5.91. The molecular weight excluding hydrogens is 479 g/mol. The Kier molecular flexibility index (Phi) is 7.89. The van der Waals surface area contributed by atoms with E-state index >= 15 is 0 Å². The van der Waals surface area contributed by atoms with Crippen molar-refractivity contribution < 1.29 is 40.7 Å². The third-order valence-electron chi connectivity index (χ3n) is 4.88. The fourth-order valence-corrected chi connectivity index (χ4v) is 4.62. The number of carbonyl (C=O) groups excluding carboxylic acids is 3. The monoisotopic (exact) mass is 499 g/mol. The zero-order chi connectivity index (χ0) is 24.9. The lowest BCUT2D eigenvalue weighted by Crippen LogP contribution is -2.35. The molecule has 182 valence electrons. The van der Waals surface area contributed by atoms with Crippen molar-refractivity contribution in [1.29, 1.82) is 0 Å². The number of benzene rings is 2. The molecule has 1 aliphatic heterocycles. The minimum atomic E-state index is -3.64. The summed E-state index contributed by atoms with van der Waals surface area (Å²) in [5.74, 6) is -7.45. The van der Waals surface area contributed by atoms with Crippen LogP contribution >= 0.6 is 0 Å². The van der Waals surface area contributed by atoms with Crippen molar-refractivity contribution >= 4 is 33.5 Å². The molecule has 1 heterocycles. The summed E-state index contributed by atoms with van der Waals surface area (Å²) in [5, 5.41) is 4.08. The quantitative estimate of drug-likeness (QED) is 0.422. The molecule has 0 bridgehead atoms. The van der Waals surface area contributed by atoms with Crippen LogP contribution in [0.4, 0.5) is 18.9 Å². The van der Waals surface area contributed by atoms with Crippen molar-refractivity contribution in [3.8, 4) is 0 Å². The van der Waals surface area contributed by atoms with Crippen LogP contribution in [-0.2, 0) is 24.3 Å². The largest absolute Gasteiger partial charge is 0.452 e. The molecule has 0 aliphatic carbocycles. The lowest BCUT2D eigenvalue weighted by atomic mass is 10.2. The molecule has 2 aromatic rings. The summed E-state index contributed by atoms with van der Waals surface area (Å²) in [6, 6.07) is 6.50. The summed E-state index contributed by atoms with van der Waals surface area (Å²) < 4.78 is 70.8. The van der Waals surface area contributed by atoms with E-state index in [0.717, 1.165) is 18.9 Å². The van der Waals surface area contributed by atoms with Gasteiger partial charge in [-0.1, -0.05) is 0 Å². The van der Waals surface area contributed by atoms with Crippen molar-refractivity contribution in [1.82, 2.24) is 9.62 Å². The first-order chi connectivity index (χ1) is 16.1. The zero-order valence-electron chi connectivity index (χ0n) is 17.6. The Morgan fingerprint density at radius 3 is 2.21 bits per heavy atom. The number of hydrogen-bond donors (Lipinski definition) is 2. The minimum Gasteiger partial charge on any atom is -0.452 e. The molecular formula is C21H20F3N3O6S. The van der Waals surface area contributed by atoms with Gasteiger partial charge in [0.05, 0.1) is 22.7 Å². The van der Waals surface area contributed by atoms with Crippen molar-refractivity contribution in [2.45, 2.75) is 17.7 Å². The van der Waals surface area contributed by atoms with Crippen LogP contribution in [0, 0.1) is 17.5 Å². The van der Waals surface area contributed by atoms with E-state index in [1.54, 1.807) is 0 Å². The van der Waals surface area contributed by atoms with Gasteiger partial charge in [-0.05, 0) is 49.2 Å². The first-order valence-electron chi connectivity index (χ1n) is 10.1. The van der Waals surface area contributed by atoms with Crippen molar-refractivity contribution in [2.75, 3.05) is 31.6 Å². The van der Waals surface area contributed by atoms with Crippen LogP contribution < -0.4 is 10.6 Å². The maximum Gasteiger partial charge on any atom is 0.338 e. The lowest BCUT2D eigenvalue weighted by Gasteiger charge is -2.15. The van der Waals surface area contributed by atoms with E-state index < -0.39 is 64.1 Å². The number of ether oxygens (including phenoxy) is 1. The van der Waals surface area contributed by atoms with E-state index in [0.29, 0.717) is 19.2 Å². The fourth-order valence-electron chi connectivity index (χ4n) is 3.10. The molecule has 1 fully saturated rings. The molecule has 0 radical (unpaired) electrons. The average molecular weight is 499 g/mol. The molecule has 0 saturated carbocycles. The number of nitrogens with zero attached hydrogens (tertiary/aromatic N) is 1. The Balaban J connectivity index is 1.46. The second-order valence-electron chi connectivity index (χ2n) is 7.26. The highest BCUT2D eigenvalue weighted by Gasteiger charge is 2.27. The summed E-state index contributed by atoms with van der Waals surface area (Å²) in [4.78, 5) is 35.7. The van der Waals surface area contributed by atoms with Gasteiger partial charge < -0.3 is 15.4 Å². The topological polar surface area (TPSA) is 122 Å². The molecule has 2 aromatic carbocycles. The Bertz CT molecular complexity index is 1200. The van der Waals surface area contributed by atoms with Gasteiger partial charge in [0.25, 0.3) is 5.91 Å². The van der Waals surface area contributed by atoms with Crippen LogP contribution in [0.5, 0.6) is 0 Å². The van der Waals surface area contributed by atoms with Gasteiger partial charge in [-0.15, -0.1) is 0 Å². The number of sulfonamides is 1. The standard InChI is InChI=1S/C21H20F3N3O6S/c22-15-7-8-16(20(24)19(15)23)26-17(28)11-25-18(29)12-33-21(30)13-3-5-14(6-4-13)34(31,32)27-9-1-2-10-27/h3-8H,1-2,9-12H2,(H,25,29)(H,26,28). The summed E-state index contributed by atoms with van der Waals surface area (Å²) in [6.07, 6.45) is 1.57. The fraction of sp³-hybridized carbons (Fsp3) is 0.286. The lowest BCUT2D eigenvalue weighted by molar-refractivity contribution is -0.126. The van der Waals surface area contributed by atoms with Crippen molar-refractivity contribution in [3.05, 3.63) is 59.4 Å². The van der Waals surface area contributed by atoms with Gasteiger partial charge in [-0.25, -0.2) is 26.4 Å². The summed E-state index contributed by atoms with van der Waals surface area (Å²) in [6.45, 7) is -0.526. The Morgan fingerprint density at radius 1 is 0.912 bits per heavy atom. The van der Waals surface area contributed by atoms with E-state index in [1.165, 1.54) is 28.6 Å². The summed E-state index contributed by atoms with van der Waals surface area (Å²) >= 11 is 0. The predicted octanol–water partition coefficient (Wildman–Crippen LogP) is 1.80. The molecule has 13 heteroatoms. The molecule has 9 nitrogen and oxygen atoms in total. The number of amides is 2. The highest BCUT2D eigenvalue weighted by Crippen LogP contribution is 2.21. The number of anilines is 1. The normalized spacial score (nSPS) is 14.0. The Labute approximate surface area is 192 Å². The van der Waals surface area contributed by atoms with E-state index in [9.17, 15) is 36.0 Å². The minimum absolute atomic E-state index is 0.0136. The van der Waals surface area contributed by atoms with Crippen molar-refractivity contribution in [3.63, 3.8) is 0 Å². The smallest absolute Gasteiger partial charge is 0.338 e. The van der Waals surface area contributed by atoms with E-state index in [-0.39, 0.29) is 10.5 Å². The van der Waals surface area contributed by atoms with Gasteiger partial charge >= 0.3 is 5.97 Å². The molecule has 34 heavy (non-hydrogen) atoms. The number of esters is 1. The first-order valence-corrected chi connectivity index (χ1v) is 11.5. The number of nitrogens with one attached hydrogen (secondary N) is 2. The van der Waals surface area contributed by atoms with Gasteiger partial charge in [-0.3, -0.25) is 9.59 Å². The highest BCUT2D eigenvalue weighted by atomic mass is 32.2. The molecule has 2 N–H and O–H groups in total. The number of carbonyl (C=O) groups is 3. The highest BCUT2D eigenvalue weighted by molar-refractivity contribution is 7.89. The Hall–Kier alpha value is -3.45. The van der Waals surface area contributed by atoms with E-state index in [2.05, 4.69) is 5.32 Å². The number of rotatable bonds is 8. The van der Waals surface area contributed by atoms with Gasteiger partial charge in [0.2, 0.25) is 15.9 Å². The third-order valence-corrected chi connectivity index (χ3v) is 6.80. The molecule has 0 unspecified atom stereocenters. The SMILES string of the molecule is O=C(COC(=O)c1ccc(S(=O)(=O)N2CCCC2)cc1)NCC(=O)Nc1ccc(F)c(F)c1F. The summed E-state index contributed by atoms with van der Waals surface area (Å²) in [5.41, 5.74) is -0.598. The molecule has 3 rings (SSSR count). The van der Waals surface area contributed by atoms with Gasteiger partial charge in [-0.2, -0.15) is 4.31 Å². The van der Waals surface area contributed by atoms with E-state index in [4.69, 9.17) is 4.74 Å². The second kappa shape index (κ2) is 10.7. The number of halogens is 3. The zero-order valence-corrected chi connectivity index (χ0v) is 18.5. The Morgan fingerprint density at radius 2 is 1.56 bits per heavy atom. The molecule has 0 atom stereocenters. The number of hydrogen-bond acceptors (Lipinski definition) is 6. The predicted molar refractivity (Wildman–Crippen MR) is 113 cm³/mol. The van der Waals surface area contributed by atoms with E-state index in [1.807, 2.05) is 5.32 Å². The molecule has 1 aliphatic rings. The van der Waals surface area contributed by atoms with Crippen LogP contribution in [0.25, 0.3) is 0 Å². The van der Waals surface area contributed by atoms with Crippen LogP contribution in [0.15, 0.2) is 41.3 Å². The maximum absolute atomic E-state index is 13.6. The van der Waals surface area contributed by atoms with Gasteiger partial charge in [0.15, 0.2) is 24.1 Å². The molecule has 0 spiro atoms. The van der Waals surface area contributed by atoms with Gasteiger partial charge in [0, 0.05) is 13.1 Å². The van der Waals surface area contributed by atoms with Gasteiger partial charge in [0.1, 0.15) is 0 Å². The molecule has 0 aromatic heterocycles. The summed E-state index contributed by atoms with van der Waals surface area (Å²) in [7, 11) is -3.64. The van der Waals surface area contributed by atoms with Crippen LogP contribution in [-0.4, -0.2) is 56.7 Å².